The van der Waals surface area contributed by atoms with E-state index in [-0.39, 0.29) is 18.5 Å². The average Bonchev–Trinajstić information content (AvgIpc) is 2.20. The Morgan fingerprint density at radius 2 is 2.20 bits per heavy atom. The largest absolute Gasteiger partial charge is 0.394 e. The van der Waals surface area contributed by atoms with Gasteiger partial charge in [0.1, 0.15) is 5.82 Å². The minimum absolute atomic E-state index is 0.101. The quantitative estimate of drug-likeness (QED) is 0.834. The number of aliphatic hydroxyl groups is 1. The van der Waals surface area contributed by atoms with Crippen LogP contribution in [0, 0.1) is 12.7 Å². The molecule has 0 fully saturated rings. The lowest BCUT2D eigenvalue weighted by Crippen LogP contribution is -2.24. The third-order valence-electron chi connectivity index (χ3n) is 2.29. The number of hydrogen-bond donors (Lipinski definition) is 2. The van der Waals surface area contributed by atoms with Crippen LogP contribution in [0.5, 0.6) is 0 Å². The molecule has 0 saturated carbocycles. The summed E-state index contributed by atoms with van der Waals surface area (Å²) < 4.78 is 13.3. The van der Waals surface area contributed by atoms with Gasteiger partial charge in [0.25, 0.3) is 0 Å². The number of nitrogens with one attached hydrogen (secondary N) is 1. The van der Waals surface area contributed by atoms with E-state index in [4.69, 9.17) is 16.7 Å². The Hall–Kier alpha value is -0.640. The minimum Gasteiger partial charge on any atom is -0.394 e. The molecule has 84 valence electrons. The molecule has 1 rings (SSSR count). The van der Waals surface area contributed by atoms with Gasteiger partial charge in [0.05, 0.1) is 12.6 Å². The minimum atomic E-state index is -0.308. The van der Waals surface area contributed by atoms with Gasteiger partial charge in [-0.1, -0.05) is 18.5 Å². The molecule has 0 radical (unpaired) electrons. The third-order valence-corrected chi connectivity index (χ3v) is 2.61. The molecule has 0 aliphatic rings. The summed E-state index contributed by atoms with van der Waals surface area (Å²) in [6.07, 6.45) is 0. The van der Waals surface area contributed by atoms with Gasteiger partial charge in [0.15, 0.2) is 0 Å². The summed E-state index contributed by atoms with van der Waals surface area (Å²) in [6.45, 7) is 4.17. The van der Waals surface area contributed by atoms with Crippen molar-refractivity contribution < 1.29 is 9.50 Å². The zero-order valence-electron chi connectivity index (χ0n) is 8.85. The van der Waals surface area contributed by atoms with Crippen LogP contribution in [0.3, 0.4) is 0 Å². The molecule has 1 aromatic carbocycles. The topological polar surface area (TPSA) is 32.3 Å². The van der Waals surface area contributed by atoms with Crippen LogP contribution in [0.25, 0.3) is 0 Å². The molecule has 0 heterocycles. The second-order valence-electron chi connectivity index (χ2n) is 3.42. The van der Waals surface area contributed by atoms with Crippen molar-refractivity contribution in [1.82, 2.24) is 5.32 Å². The summed E-state index contributed by atoms with van der Waals surface area (Å²) in [4.78, 5) is 0. The maximum Gasteiger partial charge on any atom is 0.126 e. The summed E-state index contributed by atoms with van der Waals surface area (Å²) in [7, 11) is 0. The van der Waals surface area contributed by atoms with E-state index in [1.807, 2.05) is 6.92 Å². The van der Waals surface area contributed by atoms with Gasteiger partial charge in [-0.05, 0) is 36.7 Å². The summed E-state index contributed by atoms with van der Waals surface area (Å²) in [5.74, 6) is -0.300. The van der Waals surface area contributed by atoms with E-state index >= 15 is 0 Å². The lowest BCUT2D eigenvalue weighted by Gasteiger charge is -2.17. The van der Waals surface area contributed by atoms with E-state index in [1.165, 1.54) is 6.07 Å². The van der Waals surface area contributed by atoms with Gasteiger partial charge >= 0.3 is 0 Å². The van der Waals surface area contributed by atoms with Gasteiger partial charge in [-0.25, -0.2) is 4.39 Å². The van der Waals surface area contributed by atoms with Gasteiger partial charge in [-0.15, -0.1) is 0 Å². The van der Waals surface area contributed by atoms with Crippen molar-refractivity contribution in [2.75, 3.05) is 13.2 Å². The van der Waals surface area contributed by atoms with Crippen LogP contribution >= 0.6 is 11.6 Å². The molecule has 0 amide bonds. The van der Waals surface area contributed by atoms with Crippen LogP contribution in [0.15, 0.2) is 12.1 Å². The van der Waals surface area contributed by atoms with Crippen molar-refractivity contribution in [3.8, 4) is 0 Å². The van der Waals surface area contributed by atoms with Gasteiger partial charge in [0.2, 0.25) is 0 Å². The highest BCUT2D eigenvalue weighted by Crippen LogP contribution is 2.25. The number of halogens is 2. The molecule has 2 nitrogen and oxygen atoms in total. The molecule has 1 unspecified atom stereocenters. The fraction of sp³-hybridized carbons (Fsp3) is 0.455. The highest BCUT2D eigenvalue weighted by atomic mass is 35.5. The lowest BCUT2D eigenvalue weighted by atomic mass is 10.1. The number of aryl methyl sites for hydroxylation is 1. The Morgan fingerprint density at radius 1 is 1.53 bits per heavy atom. The molecule has 0 aliphatic carbocycles. The number of rotatable bonds is 4. The van der Waals surface area contributed by atoms with Gasteiger partial charge in [-0.2, -0.15) is 0 Å². The number of benzene rings is 1. The number of aliphatic hydroxyl groups excluding tert-OH is 1. The zero-order chi connectivity index (χ0) is 11.4. The molecule has 0 spiro atoms. The van der Waals surface area contributed by atoms with Gasteiger partial charge < -0.3 is 10.4 Å². The van der Waals surface area contributed by atoms with E-state index in [9.17, 15) is 4.39 Å². The third kappa shape index (κ3) is 2.91. The van der Waals surface area contributed by atoms with Crippen molar-refractivity contribution in [3.63, 3.8) is 0 Å². The Balaban J connectivity index is 3.06. The fourth-order valence-electron chi connectivity index (χ4n) is 1.45. The van der Waals surface area contributed by atoms with E-state index in [1.54, 1.807) is 13.0 Å². The van der Waals surface area contributed by atoms with Crippen molar-refractivity contribution >= 4 is 11.6 Å². The molecular formula is C11H15ClFNO. The summed E-state index contributed by atoms with van der Waals surface area (Å²) in [6, 6.07) is 2.64. The van der Waals surface area contributed by atoms with E-state index in [2.05, 4.69) is 5.32 Å². The summed E-state index contributed by atoms with van der Waals surface area (Å²) >= 11 is 5.99. The normalized spacial score (nSPS) is 12.9. The van der Waals surface area contributed by atoms with E-state index in [0.717, 1.165) is 0 Å². The molecule has 1 aromatic rings. The predicted molar refractivity (Wildman–Crippen MR) is 59.7 cm³/mol. The van der Waals surface area contributed by atoms with Gasteiger partial charge in [-0.3, -0.25) is 0 Å². The Labute approximate surface area is 94.1 Å². The van der Waals surface area contributed by atoms with Crippen LogP contribution in [0.2, 0.25) is 5.02 Å². The summed E-state index contributed by atoms with van der Waals surface area (Å²) in [5, 5.41) is 12.7. The number of hydrogen-bond acceptors (Lipinski definition) is 2. The van der Waals surface area contributed by atoms with Crippen LogP contribution in [-0.2, 0) is 0 Å². The summed E-state index contributed by atoms with van der Waals surface area (Å²) in [5.41, 5.74) is 1.11. The molecular weight excluding hydrogens is 217 g/mol. The molecule has 0 saturated heterocycles. The lowest BCUT2D eigenvalue weighted by molar-refractivity contribution is 0.246. The van der Waals surface area contributed by atoms with Crippen molar-refractivity contribution in [3.05, 3.63) is 34.1 Å². The standard InChI is InChI=1S/C11H15ClFNO/c1-3-14-11(6-15)8-5-10(13)7(2)4-9(8)12/h4-5,11,14-15H,3,6H2,1-2H3. The molecule has 0 aromatic heterocycles. The molecule has 1 atom stereocenters. The van der Waals surface area contributed by atoms with Crippen LogP contribution < -0.4 is 5.32 Å². The van der Waals surface area contributed by atoms with E-state index < -0.39 is 0 Å². The second-order valence-corrected chi connectivity index (χ2v) is 3.82. The SMILES string of the molecule is CCNC(CO)c1cc(F)c(C)cc1Cl. The van der Waals surface area contributed by atoms with Crippen LogP contribution in [0.4, 0.5) is 4.39 Å². The monoisotopic (exact) mass is 231 g/mol. The first-order valence-electron chi connectivity index (χ1n) is 4.90. The van der Waals surface area contributed by atoms with Crippen molar-refractivity contribution in [2.45, 2.75) is 19.9 Å². The Bertz CT molecular complexity index is 344. The molecule has 4 heteroatoms. The van der Waals surface area contributed by atoms with Crippen LogP contribution in [-0.4, -0.2) is 18.3 Å². The average molecular weight is 232 g/mol. The maximum atomic E-state index is 13.3. The molecule has 2 N–H and O–H groups in total. The first-order chi connectivity index (χ1) is 7.10. The zero-order valence-corrected chi connectivity index (χ0v) is 9.61. The van der Waals surface area contributed by atoms with Crippen LogP contribution in [0.1, 0.15) is 24.1 Å². The highest BCUT2D eigenvalue weighted by molar-refractivity contribution is 6.31. The van der Waals surface area contributed by atoms with Crippen molar-refractivity contribution in [2.24, 2.45) is 0 Å². The molecule has 0 bridgehead atoms. The second kappa shape index (κ2) is 5.45. The first-order valence-corrected chi connectivity index (χ1v) is 5.27. The van der Waals surface area contributed by atoms with Gasteiger partial charge in [0, 0.05) is 5.02 Å². The van der Waals surface area contributed by atoms with E-state index in [0.29, 0.717) is 22.7 Å². The fourth-order valence-corrected chi connectivity index (χ4v) is 1.80. The highest BCUT2D eigenvalue weighted by Gasteiger charge is 2.14. The Morgan fingerprint density at radius 3 is 2.73 bits per heavy atom. The maximum absolute atomic E-state index is 13.3. The Kier molecular flexibility index (Phi) is 4.51. The smallest absolute Gasteiger partial charge is 0.126 e. The predicted octanol–water partition coefficient (Wildman–Crippen LogP) is 2.43. The molecule has 0 aliphatic heterocycles. The first kappa shape index (κ1) is 12.4. The number of likely N-dealkylation sites (N-methyl/N-ethyl adjacent to an activating group) is 1. The van der Waals surface area contributed by atoms with Crippen molar-refractivity contribution in [1.29, 1.82) is 0 Å². The molecule has 15 heavy (non-hydrogen) atoms.